The van der Waals surface area contributed by atoms with Crippen LogP contribution in [-0.2, 0) is 10.0 Å². The van der Waals surface area contributed by atoms with E-state index in [0.29, 0.717) is 0 Å². The maximum atomic E-state index is 11.9. The highest BCUT2D eigenvalue weighted by molar-refractivity contribution is 7.89. The molecule has 1 rings (SSSR count). The Morgan fingerprint density at radius 2 is 2.18 bits per heavy atom. The van der Waals surface area contributed by atoms with Gasteiger partial charge in [0.2, 0.25) is 10.0 Å². The Kier molecular flexibility index (Phi) is 5.04. The molecule has 0 saturated carbocycles. The summed E-state index contributed by atoms with van der Waals surface area (Å²) in [5, 5.41) is 0. The lowest BCUT2D eigenvalue weighted by atomic mass is 10.2. The summed E-state index contributed by atoms with van der Waals surface area (Å²) in [6.45, 7) is 2.70. The van der Waals surface area contributed by atoms with E-state index in [1.807, 2.05) is 25.9 Å². The van der Waals surface area contributed by atoms with Crippen molar-refractivity contribution in [3.05, 3.63) is 24.5 Å². The zero-order valence-corrected chi connectivity index (χ0v) is 11.2. The largest absolute Gasteiger partial charge is 0.309 e. The molecule has 0 unspecified atom stereocenters. The SMILES string of the molecule is C[C@@H](CCN(C)C)NS(=O)(=O)c1cccnc1. The van der Waals surface area contributed by atoms with Crippen LogP contribution in [0.3, 0.4) is 0 Å². The second-order valence-corrected chi connectivity index (χ2v) is 6.02. The molecule has 5 nitrogen and oxygen atoms in total. The standard InChI is InChI=1S/C11H19N3O2S/c1-10(6-8-14(2)3)13-17(15,16)11-5-4-7-12-9-11/h4-5,7,9-10,13H,6,8H2,1-3H3/t10-/m0/s1. The smallest absolute Gasteiger partial charge is 0.242 e. The molecule has 6 heteroatoms. The molecule has 0 radical (unpaired) electrons. The van der Waals surface area contributed by atoms with Crippen LogP contribution in [0.2, 0.25) is 0 Å². The van der Waals surface area contributed by atoms with Gasteiger partial charge in [0.25, 0.3) is 0 Å². The number of pyridine rings is 1. The van der Waals surface area contributed by atoms with E-state index in [2.05, 4.69) is 9.71 Å². The van der Waals surface area contributed by atoms with Crippen LogP contribution in [0.15, 0.2) is 29.4 Å². The van der Waals surface area contributed by atoms with Gasteiger partial charge in [-0.25, -0.2) is 13.1 Å². The van der Waals surface area contributed by atoms with Gasteiger partial charge in [0.05, 0.1) is 0 Å². The highest BCUT2D eigenvalue weighted by Crippen LogP contribution is 2.07. The summed E-state index contributed by atoms with van der Waals surface area (Å²) < 4.78 is 26.5. The van der Waals surface area contributed by atoms with E-state index in [9.17, 15) is 8.42 Å². The monoisotopic (exact) mass is 257 g/mol. The molecule has 0 fully saturated rings. The van der Waals surface area contributed by atoms with Crippen molar-refractivity contribution in [2.75, 3.05) is 20.6 Å². The molecule has 0 bridgehead atoms. The van der Waals surface area contributed by atoms with Gasteiger partial charge in [-0.15, -0.1) is 0 Å². The molecular weight excluding hydrogens is 238 g/mol. The van der Waals surface area contributed by atoms with Crippen molar-refractivity contribution < 1.29 is 8.42 Å². The summed E-state index contributed by atoms with van der Waals surface area (Å²) in [6.07, 6.45) is 3.67. The quantitative estimate of drug-likeness (QED) is 0.815. The molecule has 0 aliphatic rings. The molecule has 0 aliphatic heterocycles. The second kappa shape index (κ2) is 6.09. The molecule has 0 aliphatic carbocycles. The Morgan fingerprint density at radius 3 is 2.71 bits per heavy atom. The van der Waals surface area contributed by atoms with Crippen LogP contribution in [0.4, 0.5) is 0 Å². The summed E-state index contributed by atoms with van der Waals surface area (Å²) in [4.78, 5) is 6.03. The summed E-state index contributed by atoms with van der Waals surface area (Å²) >= 11 is 0. The fourth-order valence-corrected chi connectivity index (χ4v) is 2.59. The lowest BCUT2D eigenvalue weighted by Crippen LogP contribution is -2.34. The Balaban J connectivity index is 2.62. The molecule has 0 saturated heterocycles. The average Bonchev–Trinajstić information content (AvgIpc) is 2.27. The summed E-state index contributed by atoms with van der Waals surface area (Å²) in [5.74, 6) is 0. The van der Waals surface area contributed by atoms with E-state index in [1.165, 1.54) is 12.3 Å². The van der Waals surface area contributed by atoms with Crippen LogP contribution in [0, 0.1) is 0 Å². The molecule has 1 N–H and O–H groups in total. The van der Waals surface area contributed by atoms with E-state index < -0.39 is 10.0 Å². The van der Waals surface area contributed by atoms with Gasteiger partial charge < -0.3 is 4.90 Å². The van der Waals surface area contributed by atoms with Crippen molar-refractivity contribution in [1.82, 2.24) is 14.6 Å². The summed E-state index contributed by atoms with van der Waals surface area (Å²) in [7, 11) is 0.483. The molecular formula is C11H19N3O2S. The molecule has 1 heterocycles. The molecule has 1 aromatic heterocycles. The lowest BCUT2D eigenvalue weighted by molar-refractivity contribution is 0.379. The first kappa shape index (κ1) is 14.1. The van der Waals surface area contributed by atoms with E-state index in [-0.39, 0.29) is 10.9 Å². The summed E-state index contributed by atoms with van der Waals surface area (Å²) in [5.41, 5.74) is 0. The minimum absolute atomic E-state index is 0.0948. The van der Waals surface area contributed by atoms with Gasteiger partial charge in [-0.3, -0.25) is 4.98 Å². The van der Waals surface area contributed by atoms with Crippen molar-refractivity contribution in [2.45, 2.75) is 24.3 Å². The molecule has 0 amide bonds. The predicted molar refractivity (Wildman–Crippen MR) is 67.2 cm³/mol. The van der Waals surface area contributed by atoms with E-state index >= 15 is 0 Å². The van der Waals surface area contributed by atoms with Gasteiger partial charge in [-0.2, -0.15) is 0 Å². The maximum absolute atomic E-state index is 11.9. The van der Waals surface area contributed by atoms with Crippen molar-refractivity contribution >= 4 is 10.0 Å². The van der Waals surface area contributed by atoms with Gasteiger partial charge in [0.15, 0.2) is 0 Å². The first-order valence-corrected chi connectivity index (χ1v) is 6.97. The van der Waals surface area contributed by atoms with Crippen LogP contribution in [0.1, 0.15) is 13.3 Å². The lowest BCUT2D eigenvalue weighted by Gasteiger charge is -2.16. The molecule has 0 spiro atoms. The topological polar surface area (TPSA) is 62.3 Å². The van der Waals surface area contributed by atoms with E-state index in [1.54, 1.807) is 12.3 Å². The third-order valence-electron chi connectivity index (χ3n) is 2.31. The number of nitrogens with one attached hydrogen (secondary N) is 1. The van der Waals surface area contributed by atoms with Gasteiger partial charge in [-0.05, 0) is 46.1 Å². The molecule has 96 valence electrons. The number of hydrogen-bond donors (Lipinski definition) is 1. The van der Waals surface area contributed by atoms with E-state index in [4.69, 9.17) is 0 Å². The maximum Gasteiger partial charge on any atom is 0.242 e. The average molecular weight is 257 g/mol. The number of aromatic nitrogens is 1. The Hall–Kier alpha value is -0.980. The Morgan fingerprint density at radius 1 is 1.47 bits per heavy atom. The minimum atomic E-state index is -3.44. The minimum Gasteiger partial charge on any atom is -0.309 e. The normalized spacial score (nSPS) is 13.9. The Labute approximate surface area is 103 Å². The van der Waals surface area contributed by atoms with Crippen molar-refractivity contribution in [1.29, 1.82) is 0 Å². The number of hydrogen-bond acceptors (Lipinski definition) is 4. The van der Waals surface area contributed by atoms with Crippen LogP contribution in [-0.4, -0.2) is 45.0 Å². The molecule has 1 atom stereocenters. The fourth-order valence-electron chi connectivity index (χ4n) is 1.35. The molecule has 17 heavy (non-hydrogen) atoms. The predicted octanol–water partition coefficient (Wildman–Crippen LogP) is 0.700. The Bertz CT molecular complexity index is 431. The van der Waals surface area contributed by atoms with Crippen molar-refractivity contribution in [2.24, 2.45) is 0 Å². The first-order valence-electron chi connectivity index (χ1n) is 5.49. The van der Waals surface area contributed by atoms with Crippen LogP contribution in [0.5, 0.6) is 0 Å². The van der Waals surface area contributed by atoms with Gasteiger partial charge in [0, 0.05) is 18.4 Å². The highest BCUT2D eigenvalue weighted by atomic mass is 32.2. The van der Waals surface area contributed by atoms with Gasteiger partial charge >= 0.3 is 0 Å². The van der Waals surface area contributed by atoms with Crippen molar-refractivity contribution in [3.8, 4) is 0 Å². The second-order valence-electron chi connectivity index (χ2n) is 4.30. The molecule has 1 aromatic rings. The highest BCUT2D eigenvalue weighted by Gasteiger charge is 2.16. The summed E-state index contributed by atoms with van der Waals surface area (Å²) in [6, 6.07) is 3.05. The molecule has 0 aromatic carbocycles. The fraction of sp³-hybridized carbons (Fsp3) is 0.545. The van der Waals surface area contributed by atoms with Crippen LogP contribution >= 0.6 is 0 Å². The zero-order valence-electron chi connectivity index (χ0n) is 10.4. The number of nitrogens with zero attached hydrogens (tertiary/aromatic N) is 2. The first-order chi connectivity index (χ1) is 7.92. The number of rotatable bonds is 6. The third-order valence-corrected chi connectivity index (χ3v) is 3.89. The van der Waals surface area contributed by atoms with Crippen LogP contribution in [0.25, 0.3) is 0 Å². The van der Waals surface area contributed by atoms with Crippen LogP contribution < -0.4 is 4.72 Å². The number of sulfonamides is 1. The van der Waals surface area contributed by atoms with Crippen molar-refractivity contribution in [3.63, 3.8) is 0 Å². The van der Waals surface area contributed by atoms with Gasteiger partial charge in [0.1, 0.15) is 4.90 Å². The van der Waals surface area contributed by atoms with E-state index in [0.717, 1.165) is 13.0 Å². The zero-order chi connectivity index (χ0) is 12.9. The van der Waals surface area contributed by atoms with Gasteiger partial charge in [-0.1, -0.05) is 0 Å². The third kappa shape index (κ3) is 4.80.